The van der Waals surface area contributed by atoms with Gasteiger partial charge in [0.05, 0.1) is 24.2 Å². The van der Waals surface area contributed by atoms with Crippen LogP contribution in [0.25, 0.3) is 0 Å². The fraction of sp³-hybridized carbons (Fsp3) is 0.300. The molecule has 0 aliphatic heterocycles. The Morgan fingerprint density at radius 3 is 2.48 bits per heavy atom. The second kappa shape index (κ2) is 9.92. The van der Waals surface area contributed by atoms with Crippen molar-refractivity contribution in [3.8, 4) is 5.75 Å². The predicted molar refractivity (Wildman–Crippen MR) is 111 cm³/mol. The Bertz CT molecular complexity index is 989. The summed E-state index contributed by atoms with van der Waals surface area (Å²) in [5, 5.41) is 5.14. The highest BCUT2D eigenvalue weighted by Gasteiger charge is 2.21. The van der Waals surface area contributed by atoms with Crippen LogP contribution < -0.4 is 20.1 Å². The molecule has 0 unspecified atom stereocenters. The van der Waals surface area contributed by atoms with Crippen LogP contribution in [0.4, 0.5) is 5.69 Å². The number of ether oxygens (including phenoxy) is 1. The molecule has 0 heterocycles. The molecule has 9 heteroatoms. The van der Waals surface area contributed by atoms with E-state index in [2.05, 4.69) is 15.4 Å². The first kappa shape index (κ1) is 22.2. The summed E-state index contributed by atoms with van der Waals surface area (Å²) in [5.41, 5.74) is 0.903. The summed E-state index contributed by atoms with van der Waals surface area (Å²) < 4.78 is 33.4. The zero-order valence-electron chi connectivity index (χ0n) is 16.6. The van der Waals surface area contributed by atoms with E-state index < -0.39 is 15.9 Å². The molecule has 29 heavy (non-hydrogen) atoms. The van der Waals surface area contributed by atoms with Gasteiger partial charge in [-0.1, -0.05) is 25.1 Å². The molecule has 156 valence electrons. The quantitative estimate of drug-likeness (QED) is 0.576. The van der Waals surface area contributed by atoms with Crippen molar-refractivity contribution in [3.05, 3.63) is 53.6 Å². The Morgan fingerprint density at radius 2 is 1.79 bits per heavy atom. The van der Waals surface area contributed by atoms with Gasteiger partial charge >= 0.3 is 0 Å². The fourth-order valence-corrected chi connectivity index (χ4v) is 3.89. The normalized spacial score (nSPS) is 10.9. The van der Waals surface area contributed by atoms with Crippen molar-refractivity contribution in [2.24, 2.45) is 0 Å². The summed E-state index contributed by atoms with van der Waals surface area (Å²) in [4.78, 5) is 23.9. The van der Waals surface area contributed by atoms with Gasteiger partial charge in [0.2, 0.25) is 5.91 Å². The summed E-state index contributed by atoms with van der Waals surface area (Å²) in [6.45, 7) is 3.90. The number of amides is 2. The lowest BCUT2D eigenvalue weighted by molar-refractivity contribution is -0.120. The first-order chi connectivity index (χ1) is 13.8. The molecule has 0 aromatic heterocycles. The second-order valence-electron chi connectivity index (χ2n) is 6.32. The zero-order chi connectivity index (χ0) is 21.4. The molecule has 0 saturated carbocycles. The standard InChI is InChI=1S/C20H25N3O5S/c1-4-11-21-19(24)13-22-20(25)15-10-9-14(2)18(12-15)29(26,27)23-16-7-5-6-8-17(16)28-3/h5-10,12,23H,4,11,13H2,1-3H3,(H,21,24)(H,22,25). The lowest BCUT2D eigenvalue weighted by Crippen LogP contribution is -2.37. The molecule has 8 nitrogen and oxygen atoms in total. The molecular weight excluding hydrogens is 394 g/mol. The fourth-order valence-electron chi connectivity index (χ4n) is 2.55. The molecule has 2 aromatic rings. The molecule has 2 amide bonds. The number of carbonyl (C=O) groups is 2. The lowest BCUT2D eigenvalue weighted by atomic mass is 10.1. The van der Waals surface area contributed by atoms with Crippen molar-refractivity contribution in [2.75, 3.05) is 24.9 Å². The molecule has 2 rings (SSSR count). The van der Waals surface area contributed by atoms with E-state index in [1.807, 2.05) is 6.92 Å². The topological polar surface area (TPSA) is 114 Å². The maximum atomic E-state index is 12.9. The molecule has 0 bridgehead atoms. The van der Waals surface area contributed by atoms with Gasteiger partial charge in [-0.2, -0.15) is 0 Å². The summed E-state index contributed by atoms with van der Waals surface area (Å²) in [5.74, 6) is -0.468. The van der Waals surface area contributed by atoms with E-state index in [-0.39, 0.29) is 28.6 Å². The number of para-hydroxylation sites is 2. The Hall–Kier alpha value is -3.07. The minimum atomic E-state index is -3.97. The summed E-state index contributed by atoms with van der Waals surface area (Å²) >= 11 is 0. The van der Waals surface area contributed by atoms with Crippen molar-refractivity contribution < 1.29 is 22.7 Å². The van der Waals surface area contributed by atoms with Gasteiger partial charge in [0.25, 0.3) is 15.9 Å². The molecule has 0 spiro atoms. The number of sulfonamides is 1. The first-order valence-electron chi connectivity index (χ1n) is 9.10. The van der Waals surface area contributed by atoms with Crippen molar-refractivity contribution in [3.63, 3.8) is 0 Å². The molecule has 0 radical (unpaired) electrons. The molecule has 2 aromatic carbocycles. The molecule has 0 aliphatic carbocycles. The second-order valence-corrected chi connectivity index (χ2v) is 7.97. The zero-order valence-corrected chi connectivity index (χ0v) is 17.4. The molecule has 3 N–H and O–H groups in total. The highest BCUT2D eigenvalue weighted by atomic mass is 32.2. The number of hydrogen-bond donors (Lipinski definition) is 3. The number of benzene rings is 2. The number of rotatable bonds is 9. The van der Waals surface area contributed by atoms with E-state index in [0.29, 0.717) is 17.9 Å². The Labute approximate surface area is 170 Å². The highest BCUT2D eigenvalue weighted by molar-refractivity contribution is 7.92. The number of carbonyl (C=O) groups excluding carboxylic acids is 2. The maximum absolute atomic E-state index is 12.9. The minimum absolute atomic E-state index is 0.0357. The van der Waals surface area contributed by atoms with Crippen LogP contribution in [0.3, 0.4) is 0 Å². The van der Waals surface area contributed by atoms with Gasteiger partial charge < -0.3 is 15.4 Å². The lowest BCUT2D eigenvalue weighted by Gasteiger charge is -2.14. The SMILES string of the molecule is CCCNC(=O)CNC(=O)c1ccc(C)c(S(=O)(=O)Nc2ccccc2OC)c1. The third-order valence-electron chi connectivity index (χ3n) is 4.07. The first-order valence-corrected chi connectivity index (χ1v) is 10.6. The summed E-state index contributed by atoms with van der Waals surface area (Å²) in [6.07, 6.45) is 0.790. The predicted octanol–water partition coefficient (Wildman–Crippen LogP) is 2.06. The molecule has 0 atom stereocenters. The van der Waals surface area contributed by atoms with Gasteiger partial charge in [0.15, 0.2) is 0 Å². The van der Waals surface area contributed by atoms with Crippen molar-refractivity contribution in [1.29, 1.82) is 0 Å². The Morgan fingerprint density at radius 1 is 1.07 bits per heavy atom. The van der Waals surface area contributed by atoms with Crippen LogP contribution in [-0.4, -0.2) is 40.4 Å². The summed E-state index contributed by atoms with van der Waals surface area (Å²) in [6, 6.07) is 11.0. The van der Waals surface area contributed by atoms with Crippen LogP contribution in [0.2, 0.25) is 0 Å². The van der Waals surface area contributed by atoms with E-state index in [1.165, 1.54) is 19.2 Å². The third kappa shape index (κ3) is 5.95. The van der Waals surface area contributed by atoms with E-state index >= 15 is 0 Å². The third-order valence-corrected chi connectivity index (χ3v) is 5.58. The van der Waals surface area contributed by atoms with Crippen molar-refractivity contribution in [1.82, 2.24) is 10.6 Å². The molecular formula is C20H25N3O5S. The van der Waals surface area contributed by atoms with Gasteiger partial charge in [0, 0.05) is 12.1 Å². The largest absolute Gasteiger partial charge is 0.495 e. The average Bonchev–Trinajstić information content (AvgIpc) is 2.70. The van der Waals surface area contributed by atoms with Gasteiger partial charge in [-0.3, -0.25) is 14.3 Å². The Kier molecular flexibility index (Phi) is 7.60. The monoisotopic (exact) mass is 419 g/mol. The van der Waals surface area contributed by atoms with Gasteiger partial charge in [0.1, 0.15) is 5.75 Å². The summed E-state index contributed by atoms with van der Waals surface area (Å²) in [7, 11) is -2.52. The molecule has 0 saturated heterocycles. The van der Waals surface area contributed by atoms with Crippen LogP contribution in [-0.2, 0) is 14.8 Å². The number of hydrogen-bond acceptors (Lipinski definition) is 5. The van der Waals surface area contributed by atoms with E-state index in [9.17, 15) is 18.0 Å². The molecule has 0 aliphatic rings. The van der Waals surface area contributed by atoms with Crippen LogP contribution in [0.5, 0.6) is 5.75 Å². The average molecular weight is 420 g/mol. The Balaban J connectivity index is 2.21. The van der Waals surface area contributed by atoms with Crippen LogP contribution >= 0.6 is 0 Å². The van der Waals surface area contributed by atoms with E-state index in [0.717, 1.165) is 6.42 Å². The highest BCUT2D eigenvalue weighted by Crippen LogP contribution is 2.27. The van der Waals surface area contributed by atoms with Gasteiger partial charge in [-0.05, 0) is 43.2 Å². The van der Waals surface area contributed by atoms with Crippen molar-refractivity contribution in [2.45, 2.75) is 25.2 Å². The number of anilines is 1. The maximum Gasteiger partial charge on any atom is 0.262 e. The number of aryl methyl sites for hydroxylation is 1. The smallest absolute Gasteiger partial charge is 0.262 e. The van der Waals surface area contributed by atoms with Gasteiger partial charge in [-0.15, -0.1) is 0 Å². The number of methoxy groups -OCH3 is 1. The van der Waals surface area contributed by atoms with Crippen LogP contribution in [0.1, 0.15) is 29.3 Å². The minimum Gasteiger partial charge on any atom is -0.495 e. The van der Waals surface area contributed by atoms with E-state index in [1.54, 1.807) is 37.3 Å². The van der Waals surface area contributed by atoms with Crippen LogP contribution in [0, 0.1) is 6.92 Å². The number of nitrogens with one attached hydrogen (secondary N) is 3. The van der Waals surface area contributed by atoms with E-state index in [4.69, 9.17) is 4.74 Å². The van der Waals surface area contributed by atoms with Crippen molar-refractivity contribution >= 4 is 27.5 Å². The molecule has 0 fully saturated rings. The van der Waals surface area contributed by atoms with Crippen LogP contribution in [0.15, 0.2) is 47.4 Å². The van der Waals surface area contributed by atoms with Gasteiger partial charge in [-0.25, -0.2) is 8.42 Å².